The number of aromatic nitrogens is 4. The van der Waals surface area contributed by atoms with E-state index < -0.39 is 0 Å². The molecule has 0 radical (unpaired) electrons. The standard InChI is InChI=1S/C15H17N5O4S/c1-8(2)20-15(17-18-19-20)25-6-14(22)16-11-5-13-12(23-7-24-13)4-10(11)9(3)21/h4-5,8H,6-7H2,1-3H3,(H,16,22). The van der Waals surface area contributed by atoms with E-state index >= 15 is 0 Å². The Morgan fingerprint density at radius 1 is 1.32 bits per heavy atom. The van der Waals surface area contributed by atoms with Crippen LogP contribution in [0.15, 0.2) is 17.3 Å². The molecule has 10 heteroatoms. The molecule has 0 saturated carbocycles. The van der Waals surface area contributed by atoms with Crippen LogP contribution >= 0.6 is 11.8 Å². The number of rotatable bonds is 6. The van der Waals surface area contributed by atoms with Crippen LogP contribution in [0.5, 0.6) is 11.5 Å². The number of anilines is 1. The van der Waals surface area contributed by atoms with Gasteiger partial charge in [0.15, 0.2) is 17.3 Å². The maximum absolute atomic E-state index is 12.3. The predicted octanol–water partition coefficient (Wildman–Crippen LogP) is 1.92. The summed E-state index contributed by atoms with van der Waals surface area (Å²) >= 11 is 1.22. The van der Waals surface area contributed by atoms with Gasteiger partial charge in [0.05, 0.1) is 17.5 Å². The summed E-state index contributed by atoms with van der Waals surface area (Å²) in [6.45, 7) is 5.43. The highest BCUT2D eigenvalue weighted by Crippen LogP contribution is 2.37. The number of nitrogens with one attached hydrogen (secondary N) is 1. The van der Waals surface area contributed by atoms with E-state index in [0.717, 1.165) is 0 Å². The van der Waals surface area contributed by atoms with Gasteiger partial charge in [-0.25, -0.2) is 4.68 Å². The highest BCUT2D eigenvalue weighted by Gasteiger charge is 2.21. The minimum absolute atomic E-state index is 0.0950. The zero-order valence-corrected chi connectivity index (χ0v) is 14.8. The Labute approximate surface area is 148 Å². The van der Waals surface area contributed by atoms with E-state index in [1.807, 2.05) is 13.8 Å². The molecule has 1 amide bonds. The lowest BCUT2D eigenvalue weighted by Gasteiger charge is -2.11. The third-order valence-corrected chi connectivity index (χ3v) is 4.38. The summed E-state index contributed by atoms with van der Waals surface area (Å²) in [7, 11) is 0. The number of thioether (sulfide) groups is 1. The molecule has 0 unspecified atom stereocenters. The van der Waals surface area contributed by atoms with E-state index in [4.69, 9.17) is 9.47 Å². The summed E-state index contributed by atoms with van der Waals surface area (Å²) in [4.78, 5) is 24.1. The van der Waals surface area contributed by atoms with E-state index in [9.17, 15) is 9.59 Å². The predicted molar refractivity (Wildman–Crippen MR) is 90.1 cm³/mol. The fourth-order valence-electron chi connectivity index (χ4n) is 2.26. The van der Waals surface area contributed by atoms with Crippen molar-refractivity contribution in [2.24, 2.45) is 0 Å². The molecule has 9 nitrogen and oxygen atoms in total. The number of hydrogen-bond donors (Lipinski definition) is 1. The monoisotopic (exact) mass is 363 g/mol. The first-order valence-corrected chi connectivity index (χ1v) is 8.59. The third kappa shape index (κ3) is 3.73. The number of ether oxygens (including phenoxy) is 2. The average Bonchev–Trinajstić information content (AvgIpc) is 3.20. The topological polar surface area (TPSA) is 108 Å². The van der Waals surface area contributed by atoms with E-state index in [-0.39, 0.29) is 30.3 Å². The number of tetrazole rings is 1. The van der Waals surface area contributed by atoms with Crippen LogP contribution in [0.1, 0.15) is 37.2 Å². The van der Waals surface area contributed by atoms with Crippen LogP contribution in [0, 0.1) is 0 Å². The molecule has 25 heavy (non-hydrogen) atoms. The number of carbonyl (C=O) groups is 2. The molecule has 0 atom stereocenters. The van der Waals surface area contributed by atoms with Crippen LogP contribution in [0.4, 0.5) is 5.69 Å². The van der Waals surface area contributed by atoms with Gasteiger partial charge in [0.2, 0.25) is 17.9 Å². The van der Waals surface area contributed by atoms with Crippen molar-refractivity contribution < 1.29 is 19.1 Å². The Kier molecular flexibility index (Phi) is 4.88. The van der Waals surface area contributed by atoms with Gasteiger partial charge in [-0.1, -0.05) is 11.8 Å². The molecular formula is C15H17N5O4S. The fourth-order valence-corrected chi connectivity index (χ4v) is 3.06. The quantitative estimate of drug-likeness (QED) is 0.612. The molecule has 0 aliphatic carbocycles. The van der Waals surface area contributed by atoms with Gasteiger partial charge in [0.25, 0.3) is 0 Å². The van der Waals surface area contributed by atoms with Gasteiger partial charge in [0.1, 0.15) is 0 Å². The van der Waals surface area contributed by atoms with Crippen molar-refractivity contribution in [3.63, 3.8) is 0 Å². The number of carbonyl (C=O) groups excluding carboxylic acids is 2. The van der Waals surface area contributed by atoms with E-state index in [2.05, 4.69) is 20.8 Å². The Morgan fingerprint density at radius 3 is 2.72 bits per heavy atom. The number of benzene rings is 1. The summed E-state index contributed by atoms with van der Waals surface area (Å²) in [5.74, 6) is 0.652. The number of fused-ring (bicyclic) bond motifs is 1. The first-order valence-electron chi connectivity index (χ1n) is 7.61. The molecule has 1 aliphatic rings. The second kappa shape index (κ2) is 7.09. The van der Waals surface area contributed by atoms with Crippen LogP contribution in [-0.4, -0.2) is 44.4 Å². The van der Waals surface area contributed by atoms with Gasteiger partial charge in [0, 0.05) is 11.6 Å². The molecule has 0 saturated heterocycles. The van der Waals surface area contributed by atoms with Crippen molar-refractivity contribution in [1.29, 1.82) is 0 Å². The summed E-state index contributed by atoms with van der Waals surface area (Å²) in [6, 6.07) is 3.27. The first kappa shape index (κ1) is 17.2. The Hall–Kier alpha value is -2.62. The Balaban J connectivity index is 1.70. The molecule has 1 aromatic carbocycles. The van der Waals surface area contributed by atoms with E-state index in [0.29, 0.717) is 27.9 Å². The zero-order chi connectivity index (χ0) is 18.0. The average molecular weight is 363 g/mol. The van der Waals surface area contributed by atoms with Crippen molar-refractivity contribution in [1.82, 2.24) is 20.2 Å². The molecule has 0 fully saturated rings. The first-order chi connectivity index (χ1) is 12.0. The van der Waals surface area contributed by atoms with Crippen molar-refractivity contribution in [2.45, 2.75) is 32.0 Å². The number of Topliss-reactive ketones (excluding diaryl/α,β-unsaturated/α-hetero) is 1. The summed E-state index contributed by atoms with van der Waals surface area (Å²) in [5, 5.41) is 14.7. The number of ketones is 1. The zero-order valence-electron chi connectivity index (χ0n) is 14.0. The summed E-state index contributed by atoms with van der Waals surface area (Å²) in [5.41, 5.74) is 0.764. The smallest absolute Gasteiger partial charge is 0.234 e. The van der Waals surface area contributed by atoms with Gasteiger partial charge < -0.3 is 14.8 Å². The highest BCUT2D eigenvalue weighted by molar-refractivity contribution is 7.99. The second-order valence-electron chi connectivity index (χ2n) is 5.64. The largest absolute Gasteiger partial charge is 0.454 e. The number of amides is 1. The molecule has 0 spiro atoms. The van der Waals surface area contributed by atoms with Crippen molar-refractivity contribution in [3.8, 4) is 11.5 Å². The minimum Gasteiger partial charge on any atom is -0.454 e. The van der Waals surface area contributed by atoms with Gasteiger partial charge >= 0.3 is 0 Å². The minimum atomic E-state index is -0.273. The highest BCUT2D eigenvalue weighted by atomic mass is 32.2. The number of nitrogens with zero attached hydrogens (tertiary/aromatic N) is 4. The van der Waals surface area contributed by atoms with Gasteiger partial charge in [-0.05, 0) is 37.3 Å². The Bertz CT molecular complexity index is 820. The van der Waals surface area contributed by atoms with Crippen LogP contribution in [0.3, 0.4) is 0 Å². The second-order valence-corrected chi connectivity index (χ2v) is 6.59. The lowest BCUT2D eigenvalue weighted by molar-refractivity contribution is -0.113. The van der Waals surface area contributed by atoms with Crippen molar-refractivity contribution in [2.75, 3.05) is 17.9 Å². The maximum atomic E-state index is 12.3. The molecule has 132 valence electrons. The summed E-state index contributed by atoms with van der Waals surface area (Å²) in [6.07, 6.45) is 0. The molecule has 0 bridgehead atoms. The lowest BCUT2D eigenvalue weighted by atomic mass is 10.1. The van der Waals surface area contributed by atoms with Crippen LogP contribution in [0.25, 0.3) is 0 Å². The Morgan fingerprint density at radius 2 is 2.04 bits per heavy atom. The van der Waals surface area contributed by atoms with Gasteiger partial charge in [-0.3, -0.25) is 9.59 Å². The SMILES string of the molecule is CC(=O)c1cc2c(cc1NC(=O)CSc1nnnn1C(C)C)OCO2. The molecule has 2 aromatic rings. The fraction of sp³-hybridized carbons (Fsp3) is 0.400. The van der Waals surface area contributed by atoms with Crippen LogP contribution in [-0.2, 0) is 4.79 Å². The molecule has 3 rings (SSSR count). The van der Waals surface area contributed by atoms with E-state index in [1.165, 1.54) is 18.7 Å². The number of hydrogen-bond acceptors (Lipinski definition) is 8. The maximum Gasteiger partial charge on any atom is 0.234 e. The van der Waals surface area contributed by atoms with Crippen molar-refractivity contribution in [3.05, 3.63) is 17.7 Å². The van der Waals surface area contributed by atoms with Gasteiger partial charge in [-0.15, -0.1) is 5.10 Å². The molecule has 1 N–H and O–H groups in total. The van der Waals surface area contributed by atoms with E-state index in [1.54, 1.807) is 16.8 Å². The molecular weight excluding hydrogens is 346 g/mol. The van der Waals surface area contributed by atoms with Crippen molar-refractivity contribution >= 4 is 29.1 Å². The van der Waals surface area contributed by atoms with Crippen LogP contribution in [0.2, 0.25) is 0 Å². The molecule has 2 heterocycles. The molecule has 1 aromatic heterocycles. The van der Waals surface area contributed by atoms with Crippen LogP contribution < -0.4 is 14.8 Å². The normalized spacial score (nSPS) is 12.5. The summed E-state index contributed by atoms with van der Waals surface area (Å²) < 4.78 is 12.2. The van der Waals surface area contributed by atoms with Gasteiger partial charge in [-0.2, -0.15) is 0 Å². The third-order valence-electron chi connectivity index (χ3n) is 3.45. The lowest BCUT2D eigenvalue weighted by Crippen LogP contribution is -2.17. The molecule has 1 aliphatic heterocycles.